The van der Waals surface area contributed by atoms with Crippen LogP contribution in [0.15, 0.2) is 0 Å². The summed E-state index contributed by atoms with van der Waals surface area (Å²) < 4.78 is 0. The van der Waals surface area contributed by atoms with Crippen LogP contribution in [0.3, 0.4) is 0 Å². The monoisotopic (exact) mass is 507 g/mol. The van der Waals surface area contributed by atoms with Crippen molar-refractivity contribution in [3.8, 4) is 0 Å². The molecule has 0 aromatic rings. The van der Waals surface area contributed by atoms with Gasteiger partial charge >= 0.3 is 14.6 Å². The second-order valence-corrected chi connectivity index (χ2v) is 0.693. The Kier molecular flexibility index (Phi) is 11900. The van der Waals surface area contributed by atoms with Gasteiger partial charge in [0.25, 0.3) is 0 Å². The molecule has 0 amide bonds. The molecule has 0 heterocycles. The van der Waals surface area contributed by atoms with Gasteiger partial charge in [-0.05, 0) is 0 Å². The van der Waals surface area contributed by atoms with E-state index in [9.17, 15) is 0 Å². The summed E-state index contributed by atoms with van der Waals surface area (Å²) in [6.45, 7) is 0. The molecule has 209 valence electrons. The van der Waals surface area contributed by atoms with Crippen LogP contribution in [-0.4, -0.2) is 184 Å². The van der Waals surface area contributed by atoms with Crippen LogP contribution in [0.4, 0.5) is 0 Å². The molecule has 0 fully saturated rings. The number of hydrogen-bond acceptors (Lipinski definition) is 6. The Morgan fingerprint density at radius 1 is 0.207 bits per heavy atom. The minimum Gasteiger partial charge on any atom is -0.412 e. The standard InChI is InChI=1S/2BH3O3.Na.20H2O/c2*2-1(3)4;;;;;;;;;;;;;;;;;;;;;/h2*2-4H;;20*1H2. The molecule has 0 atom stereocenters. The SMILES string of the molecule is O.O.O.O.O.O.O.O.O.O.O.O.O.O.O.O.O.O.O.O.OB(O)O.OB(O)O.[Na]. The normalized spacial score (nSPS) is 1.86. The van der Waals surface area contributed by atoms with Crippen LogP contribution in [0.2, 0.25) is 0 Å². The average Bonchev–Trinajstić information content (AvgIpc) is 1.25. The van der Waals surface area contributed by atoms with Crippen LogP contribution in [0.1, 0.15) is 0 Å². The Labute approximate surface area is 184 Å². The van der Waals surface area contributed by atoms with Crippen molar-refractivity contribution in [2.24, 2.45) is 0 Å². The molecule has 0 rings (SSSR count). The predicted molar refractivity (Wildman–Crippen MR) is 103 cm³/mol. The predicted octanol–water partition coefficient (Wildman–Crippen LogP) is -21.0. The average molecular weight is 507 g/mol. The van der Waals surface area contributed by atoms with E-state index >= 15 is 0 Å². The van der Waals surface area contributed by atoms with Crippen LogP contribution in [0.25, 0.3) is 0 Å². The van der Waals surface area contributed by atoms with Gasteiger partial charge < -0.3 is 140 Å². The van der Waals surface area contributed by atoms with Crippen LogP contribution < -0.4 is 0 Å². The first-order valence-corrected chi connectivity index (χ1v) is 1.55. The van der Waals surface area contributed by atoms with Gasteiger partial charge in [-0.3, -0.25) is 0 Å². The van der Waals surface area contributed by atoms with Crippen molar-refractivity contribution in [1.82, 2.24) is 0 Å². The van der Waals surface area contributed by atoms with Gasteiger partial charge in [0.2, 0.25) is 0 Å². The second kappa shape index (κ2) is 556. The maximum atomic E-state index is 7.17. The van der Waals surface area contributed by atoms with E-state index in [4.69, 9.17) is 30.1 Å². The molecule has 0 aliphatic rings. The summed E-state index contributed by atoms with van der Waals surface area (Å²) in [5.74, 6) is 0. The first-order chi connectivity index (χ1) is 3.46. The van der Waals surface area contributed by atoms with E-state index < -0.39 is 14.6 Å². The molecule has 0 spiro atoms. The summed E-state index contributed by atoms with van der Waals surface area (Å²) >= 11 is 0. The van der Waals surface area contributed by atoms with Gasteiger partial charge in [-0.1, -0.05) is 0 Å². The van der Waals surface area contributed by atoms with Crippen molar-refractivity contribution >= 4 is 44.2 Å². The Balaban J connectivity index is -0.000000000686. The Morgan fingerprint density at radius 3 is 0.207 bits per heavy atom. The van der Waals surface area contributed by atoms with Crippen LogP contribution in [0, 0.1) is 0 Å². The van der Waals surface area contributed by atoms with Gasteiger partial charge in [0, 0.05) is 29.6 Å². The molecule has 0 aromatic carbocycles. The quantitative estimate of drug-likeness (QED) is 0.173. The molecule has 0 aliphatic heterocycles. The van der Waals surface area contributed by atoms with Gasteiger partial charge in [-0.15, -0.1) is 0 Å². The molecule has 0 aromatic heterocycles. The molecule has 29 heavy (non-hydrogen) atoms. The Bertz CT molecular complexity index is 32.2. The van der Waals surface area contributed by atoms with Gasteiger partial charge in [-0.2, -0.15) is 0 Å². The van der Waals surface area contributed by atoms with Crippen molar-refractivity contribution in [3.05, 3.63) is 0 Å². The summed E-state index contributed by atoms with van der Waals surface area (Å²) in [6.07, 6.45) is 0. The van der Waals surface area contributed by atoms with E-state index in [-0.39, 0.29) is 139 Å². The summed E-state index contributed by atoms with van der Waals surface area (Å²) in [7, 11) is -4.33. The van der Waals surface area contributed by atoms with Crippen LogP contribution >= 0.6 is 0 Å². The zero-order valence-corrected chi connectivity index (χ0v) is 16.8. The molecule has 26 nitrogen and oxygen atoms in total. The van der Waals surface area contributed by atoms with Crippen LogP contribution in [0.5, 0.6) is 0 Å². The maximum Gasteiger partial charge on any atom is 0.631 e. The fourth-order valence-corrected chi connectivity index (χ4v) is 0. The van der Waals surface area contributed by atoms with Crippen molar-refractivity contribution in [2.75, 3.05) is 0 Å². The molecule has 0 bridgehead atoms. The van der Waals surface area contributed by atoms with E-state index in [0.717, 1.165) is 0 Å². The van der Waals surface area contributed by atoms with E-state index in [1.54, 1.807) is 0 Å². The summed E-state index contributed by atoms with van der Waals surface area (Å²) in [5, 5.41) is 43.0. The maximum absolute atomic E-state index is 7.17. The van der Waals surface area contributed by atoms with E-state index in [0.29, 0.717) is 0 Å². The zero-order valence-electron chi connectivity index (χ0n) is 14.8. The fourth-order valence-electron chi connectivity index (χ4n) is 0. The molecule has 0 unspecified atom stereocenters. The smallest absolute Gasteiger partial charge is 0.412 e. The largest absolute Gasteiger partial charge is 0.631 e. The van der Waals surface area contributed by atoms with Crippen molar-refractivity contribution < 1.29 is 140 Å². The van der Waals surface area contributed by atoms with Gasteiger partial charge in [0.1, 0.15) is 0 Å². The number of rotatable bonds is 0. The molecule has 0 aliphatic carbocycles. The zero-order chi connectivity index (χ0) is 7.15. The third-order valence-corrected chi connectivity index (χ3v) is 0. The summed E-state index contributed by atoms with van der Waals surface area (Å²) in [5.41, 5.74) is 0. The Morgan fingerprint density at radius 2 is 0.207 bits per heavy atom. The van der Waals surface area contributed by atoms with Gasteiger partial charge in [0.05, 0.1) is 0 Å². The summed E-state index contributed by atoms with van der Waals surface area (Å²) in [4.78, 5) is 0. The topological polar surface area (TPSA) is 751 Å². The molecular weight excluding hydrogens is 461 g/mol. The summed E-state index contributed by atoms with van der Waals surface area (Å²) in [6, 6.07) is 0. The molecule has 46 N–H and O–H groups in total. The second-order valence-electron chi connectivity index (χ2n) is 0.693. The van der Waals surface area contributed by atoms with Gasteiger partial charge in [-0.25, -0.2) is 0 Å². The first kappa shape index (κ1) is 619. The molecular formula is H46B2NaO26. The third kappa shape index (κ3) is 2370000. The molecule has 0 saturated carbocycles. The van der Waals surface area contributed by atoms with Crippen molar-refractivity contribution in [1.29, 1.82) is 0 Å². The van der Waals surface area contributed by atoms with Crippen molar-refractivity contribution in [2.45, 2.75) is 0 Å². The van der Waals surface area contributed by atoms with E-state index in [2.05, 4.69) is 0 Å². The van der Waals surface area contributed by atoms with E-state index in [1.807, 2.05) is 0 Å². The van der Waals surface area contributed by atoms with Gasteiger partial charge in [0.15, 0.2) is 0 Å². The Hall–Kier alpha value is 0.0899. The minimum atomic E-state index is -2.17. The third-order valence-electron chi connectivity index (χ3n) is 0. The van der Waals surface area contributed by atoms with Crippen molar-refractivity contribution in [3.63, 3.8) is 0 Å². The molecule has 1 radical (unpaired) electrons. The minimum absolute atomic E-state index is 0. The van der Waals surface area contributed by atoms with Crippen LogP contribution in [-0.2, 0) is 0 Å². The first-order valence-electron chi connectivity index (χ1n) is 1.55. The molecule has 29 heteroatoms. The molecule has 0 saturated heterocycles. The fraction of sp³-hybridized carbons (Fsp3) is 0. The number of hydrogen-bond donors (Lipinski definition) is 6. The van der Waals surface area contributed by atoms with E-state index in [1.165, 1.54) is 0 Å².